The molecule has 0 saturated carbocycles. The van der Waals surface area contributed by atoms with Crippen molar-refractivity contribution in [2.75, 3.05) is 5.32 Å². The predicted octanol–water partition coefficient (Wildman–Crippen LogP) is 2.94. The molecule has 5 nitrogen and oxygen atoms in total. The van der Waals surface area contributed by atoms with Crippen molar-refractivity contribution in [3.8, 4) is 0 Å². The molecule has 1 N–H and O–H groups in total. The van der Waals surface area contributed by atoms with Gasteiger partial charge in [0.2, 0.25) is 5.95 Å². The van der Waals surface area contributed by atoms with Crippen molar-refractivity contribution >= 4 is 29.2 Å². The first-order chi connectivity index (χ1) is 8.08. The number of carbonyl (C=O) groups excluding carboxylic acids is 1. The molecule has 0 radical (unpaired) electrons. The van der Waals surface area contributed by atoms with Crippen molar-refractivity contribution in [2.24, 2.45) is 0 Å². The fourth-order valence-electron chi connectivity index (χ4n) is 1.41. The van der Waals surface area contributed by atoms with Gasteiger partial charge < -0.3 is 4.74 Å². The minimum atomic E-state index is -0.535. The number of rotatable bonds is 2. The Morgan fingerprint density at radius 1 is 1.59 bits per heavy atom. The molecule has 90 valence electrons. The van der Waals surface area contributed by atoms with Gasteiger partial charge in [0.15, 0.2) is 0 Å². The van der Waals surface area contributed by atoms with Crippen LogP contribution in [0.1, 0.15) is 13.8 Å². The average Bonchev–Trinajstić information content (AvgIpc) is 2.62. The fourth-order valence-corrected chi connectivity index (χ4v) is 1.63. The first-order valence-electron chi connectivity index (χ1n) is 5.17. The van der Waals surface area contributed by atoms with E-state index in [-0.39, 0.29) is 6.10 Å². The highest BCUT2D eigenvalue weighted by Gasteiger charge is 2.11. The summed E-state index contributed by atoms with van der Waals surface area (Å²) in [5, 5.41) is 3.13. The monoisotopic (exact) mass is 253 g/mol. The lowest BCUT2D eigenvalue weighted by molar-refractivity contribution is 0.129. The summed E-state index contributed by atoms with van der Waals surface area (Å²) in [5.41, 5.74) is 0.731. The molecule has 2 rings (SSSR count). The molecule has 6 heteroatoms. The number of pyridine rings is 1. The summed E-state index contributed by atoms with van der Waals surface area (Å²) in [6.45, 7) is 3.56. The van der Waals surface area contributed by atoms with E-state index in [9.17, 15) is 4.79 Å². The molecule has 0 aromatic carbocycles. The first-order valence-corrected chi connectivity index (χ1v) is 5.55. The van der Waals surface area contributed by atoms with Crippen molar-refractivity contribution < 1.29 is 9.53 Å². The highest BCUT2D eigenvalue weighted by atomic mass is 35.5. The van der Waals surface area contributed by atoms with Crippen LogP contribution in [0.4, 0.5) is 10.7 Å². The molecule has 2 aromatic heterocycles. The van der Waals surface area contributed by atoms with E-state index < -0.39 is 6.09 Å². The Balaban J connectivity index is 2.25. The Hall–Kier alpha value is -1.75. The molecule has 1 amide bonds. The third-order valence-corrected chi connectivity index (χ3v) is 2.40. The van der Waals surface area contributed by atoms with Crippen LogP contribution in [0, 0.1) is 0 Å². The number of imidazole rings is 1. The largest absolute Gasteiger partial charge is 0.447 e. The van der Waals surface area contributed by atoms with Crippen LogP contribution < -0.4 is 5.32 Å². The number of ether oxygens (including phenoxy) is 1. The molecule has 0 fully saturated rings. The van der Waals surface area contributed by atoms with Crippen LogP contribution in [0.5, 0.6) is 0 Å². The van der Waals surface area contributed by atoms with Gasteiger partial charge in [-0.3, -0.25) is 9.72 Å². The van der Waals surface area contributed by atoms with Crippen molar-refractivity contribution in [3.63, 3.8) is 0 Å². The third-order valence-electron chi connectivity index (χ3n) is 2.08. The van der Waals surface area contributed by atoms with Gasteiger partial charge in [-0.25, -0.2) is 9.78 Å². The van der Waals surface area contributed by atoms with Crippen molar-refractivity contribution in [1.82, 2.24) is 9.38 Å². The molecular weight excluding hydrogens is 242 g/mol. The summed E-state index contributed by atoms with van der Waals surface area (Å²) < 4.78 is 6.65. The summed E-state index contributed by atoms with van der Waals surface area (Å²) in [5.74, 6) is 0.383. The van der Waals surface area contributed by atoms with E-state index in [1.807, 2.05) is 0 Å². The zero-order valence-corrected chi connectivity index (χ0v) is 10.2. The highest BCUT2D eigenvalue weighted by Crippen LogP contribution is 2.19. The summed E-state index contributed by atoms with van der Waals surface area (Å²) in [4.78, 5) is 15.5. The second kappa shape index (κ2) is 4.63. The van der Waals surface area contributed by atoms with Crippen molar-refractivity contribution in [1.29, 1.82) is 0 Å². The Morgan fingerprint density at radius 3 is 3.06 bits per heavy atom. The van der Waals surface area contributed by atoms with Crippen molar-refractivity contribution in [2.45, 2.75) is 20.0 Å². The summed E-state index contributed by atoms with van der Waals surface area (Å²) in [6.07, 6.45) is 2.64. The second-order valence-corrected chi connectivity index (χ2v) is 4.18. The van der Waals surface area contributed by atoms with Crippen LogP contribution in [-0.2, 0) is 4.74 Å². The summed E-state index contributed by atoms with van der Waals surface area (Å²) in [7, 11) is 0. The SMILES string of the molecule is CC(C)OC(=O)Nc1ncc2c(Cl)cccn12. The van der Waals surface area contributed by atoms with Gasteiger partial charge in [-0.15, -0.1) is 0 Å². The molecule has 0 unspecified atom stereocenters. The van der Waals surface area contributed by atoms with E-state index in [1.165, 1.54) is 0 Å². The average molecular weight is 254 g/mol. The number of nitrogens with zero attached hydrogens (tertiary/aromatic N) is 2. The topological polar surface area (TPSA) is 55.6 Å². The Bertz CT molecular complexity index is 551. The molecule has 0 aliphatic carbocycles. The van der Waals surface area contributed by atoms with Crippen LogP contribution in [0.25, 0.3) is 5.52 Å². The Kier molecular flexibility index (Phi) is 3.19. The molecule has 0 spiro atoms. The number of carbonyl (C=O) groups is 1. The van der Waals surface area contributed by atoms with Crippen LogP contribution in [0.3, 0.4) is 0 Å². The molecular formula is C11H12ClN3O2. The van der Waals surface area contributed by atoms with Crippen LogP contribution in [-0.4, -0.2) is 21.6 Å². The molecule has 0 atom stereocenters. The second-order valence-electron chi connectivity index (χ2n) is 3.77. The number of fused-ring (bicyclic) bond motifs is 1. The van der Waals surface area contributed by atoms with Gasteiger partial charge in [-0.2, -0.15) is 0 Å². The Morgan fingerprint density at radius 2 is 2.35 bits per heavy atom. The summed E-state index contributed by atoms with van der Waals surface area (Å²) in [6, 6.07) is 3.53. The maximum absolute atomic E-state index is 11.4. The van der Waals surface area contributed by atoms with Gasteiger partial charge in [-0.1, -0.05) is 11.6 Å². The van der Waals surface area contributed by atoms with Gasteiger partial charge in [0, 0.05) is 6.20 Å². The van der Waals surface area contributed by atoms with Gasteiger partial charge in [0.25, 0.3) is 0 Å². The van der Waals surface area contributed by atoms with E-state index in [0.717, 1.165) is 5.52 Å². The molecule has 2 aromatic rings. The maximum Gasteiger partial charge on any atom is 0.414 e. The van der Waals surface area contributed by atoms with Crippen LogP contribution in [0.2, 0.25) is 5.02 Å². The maximum atomic E-state index is 11.4. The number of aromatic nitrogens is 2. The summed E-state index contributed by atoms with van der Waals surface area (Å²) >= 11 is 5.99. The number of anilines is 1. The van der Waals surface area contributed by atoms with Crippen LogP contribution in [0.15, 0.2) is 24.5 Å². The lowest BCUT2D eigenvalue weighted by atomic mass is 10.4. The smallest absolute Gasteiger partial charge is 0.414 e. The fraction of sp³-hybridized carbons (Fsp3) is 0.273. The molecule has 2 heterocycles. The minimum Gasteiger partial charge on any atom is -0.447 e. The van der Waals surface area contributed by atoms with Gasteiger partial charge in [0.1, 0.15) is 0 Å². The number of amides is 1. The quantitative estimate of drug-likeness (QED) is 0.895. The van der Waals surface area contributed by atoms with E-state index in [1.54, 1.807) is 42.8 Å². The van der Waals surface area contributed by atoms with E-state index in [2.05, 4.69) is 10.3 Å². The van der Waals surface area contributed by atoms with E-state index in [4.69, 9.17) is 16.3 Å². The predicted molar refractivity (Wildman–Crippen MR) is 65.4 cm³/mol. The zero-order valence-electron chi connectivity index (χ0n) is 9.48. The highest BCUT2D eigenvalue weighted by molar-refractivity contribution is 6.33. The Labute approximate surface area is 103 Å². The van der Waals surface area contributed by atoms with E-state index >= 15 is 0 Å². The molecule has 0 aliphatic rings. The van der Waals surface area contributed by atoms with Crippen LogP contribution >= 0.6 is 11.6 Å². The minimum absolute atomic E-state index is 0.176. The van der Waals surface area contributed by atoms with E-state index in [0.29, 0.717) is 11.0 Å². The standard InChI is InChI=1S/C11H12ClN3O2/c1-7(2)17-11(16)14-10-13-6-9-8(12)4-3-5-15(9)10/h3-7H,1-2H3,(H,13,14,16). The third kappa shape index (κ3) is 2.50. The number of nitrogens with one attached hydrogen (secondary N) is 1. The molecule has 0 bridgehead atoms. The number of hydrogen-bond acceptors (Lipinski definition) is 3. The molecule has 0 saturated heterocycles. The zero-order chi connectivity index (χ0) is 12.4. The lowest BCUT2D eigenvalue weighted by Crippen LogP contribution is -2.19. The lowest BCUT2D eigenvalue weighted by Gasteiger charge is -2.08. The first kappa shape index (κ1) is 11.7. The van der Waals surface area contributed by atoms with Gasteiger partial charge in [-0.05, 0) is 26.0 Å². The van der Waals surface area contributed by atoms with Crippen molar-refractivity contribution in [3.05, 3.63) is 29.5 Å². The number of halogens is 1. The molecule has 0 aliphatic heterocycles. The normalized spacial score (nSPS) is 10.8. The van der Waals surface area contributed by atoms with Gasteiger partial charge >= 0.3 is 6.09 Å². The number of hydrogen-bond donors (Lipinski definition) is 1. The molecule has 17 heavy (non-hydrogen) atoms. The van der Waals surface area contributed by atoms with Gasteiger partial charge in [0.05, 0.1) is 22.8 Å².